The highest BCUT2D eigenvalue weighted by atomic mass is 79.9. The molecule has 1 aromatic carbocycles. The second-order valence-corrected chi connectivity index (χ2v) is 4.79. The van der Waals surface area contributed by atoms with E-state index in [1.54, 1.807) is 6.07 Å². The topological polar surface area (TPSA) is 72.6 Å². The molecule has 0 aliphatic carbocycles. The van der Waals surface area contributed by atoms with Gasteiger partial charge in [0.05, 0.1) is 4.47 Å². The second-order valence-electron chi connectivity index (χ2n) is 3.94. The van der Waals surface area contributed by atoms with Crippen LogP contribution in [0.4, 0.5) is 0 Å². The van der Waals surface area contributed by atoms with Gasteiger partial charge in [-0.3, -0.25) is 4.79 Å². The van der Waals surface area contributed by atoms with Crippen LogP contribution in [0.15, 0.2) is 16.6 Å². The highest BCUT2D eigenvalue weighted by Crippen LogP contribution is 2.38. The maximum absolute atomic E-state index is 10.8. The molecule has 0 saturated carbocycles. The molecule has 0 fully saturated rings. The van der Waals surface area contributed by atoms with Crippen molar-refractivity contribution in [3.05, 3.63) is 27.7 Å². The van der Waals surface area contributed by atoms with Crippen LogP contribution in [0.5, 0.6) is 5.75 Å². The summed E-state index contributed by atoms with van der Waals surface area (Å²) in [5, 5.41) is 8.86. The summed E-state index contributed by atoms with van der Waals surface area (Å²) in [7, 11) is 0. The number of fused-ring (bicyclic) bond motifs is 1. The first-order valence-electron chi connectivity index (χ1n) is 4.96. The molecule has 16 heavy (non-hydrogen) atoms. The molecule has 3 N–H and O–H groups in total. The third-order valence-corrected chi connectivity index (χ3v) is 3.18. The Morgan fingerprint density at radius 1 is 1.69 bits per heavy atom. The molecule has 86 valence electrons. The average molecular weight is 286 g/mol. The Bertz CT molecular complexity index is 447. The van der Waals surface area contributed by atoms with Crippen molar-refractivity contribution in [3.8, 4) is 5.75 Å². The molecule has 0 saturated heterocycles. The normalized spacial score (nSPS) is 20.1. The summed E-state index contributed by atoms with van der Waals surface area (Å²) >= 11 is 3.37. The third kappa shape index (κ3) is 1.92. The van der Waals surface area contributed by atoms with Crippen LogP contribution in [0.3, 0.4) is 0 Å². The van der Waals surface area contributed by atoms with Crippen molar-refractivity contribution in [1.29, 1.82) is 0 Å². The van der Waals surface area contributed by atoms with E-state index in [0.717, 1.165) is 22.2 Å². The minimum Gasteiger partial charge on any atom is -0.489 e. The lowest BCUT2D eigenvalue weighted by atomic mass is 10.0. The highest BCUT2D eigenvalue weighted by Gasteiger charge is 2.24. The molecule has 4 nitrogen and oxygen atoms in total. The van der Waals surface area contributed by atoms with E-state index >= 15 is 0 Å². The molecule has 0 aromatic heterocycles. The lowest BCUT2D eigenvalue weighted by Crippen LogP contribution is -2.20. The van der Waals surface area contributed by atoms with Gasteiger partial charge in [-0.05, 0) is 46.1 Å². The van der Waals surface area contributed by atoms with Crippen LogP contribution < -0.4 is 10.5 Å². The van der Waals surface area contributed by atoms with Gasteiger partial charge in [-0.15, -0.1) is 0 Å². The molecule has 1 aromatic rings. The molecule has 1 aliphatic heterocycles. The average Bonchev–Trinajstić information content (AvgIpc) is 2.57. The molecule has 5 heteroatoms. The molecule has 2 rings (SSSR count). The Hall–Kier alpha value is -1.07. The summed E-state index contributed by atoms with van der Waals surface area (Å²) in [6.07, 6.45) is 0.913. The van der Waals surface area contributed by atoms with Crippen LogP contribution in [-0.2, 0) is 11.2 Å². The van der Waals surface area contributed by atoms with Crippen LogP contribution in [-0.4, -0.2) is 17.2 Å². The van der Waals surface area contributed by atoms with E-state index in [0.29, 0.717) is 5.56 Å². The molecule has 2 atom stereocenters. The number of rotatable bonds is 2. The van der Waals surface area contributed by atoms with Crippen LogP contribution in [0.2, 0.25) is 0 Å². The molecular weight excluding hydrogens is 274 g/mol. The molecule has 1 heterocycles. The van der Waals surface area contributed by atoms with Gasteiger partial charge < -0.3 is 15.6 Å². The molecule has 2 unspecified atom stereocenters. The van der Waals surface area contributed by atoms with Crippen molar-refractivity contribution in [3.63, 3.8) is 0 Å². The van der Waals surface area contributed by atoms with Gasteiger partial charge in [-0.2, -0.15) is 0 Å². The van der Waals surface area contributed by atoms with Gasteiger partial charge in [0.25, 0.3) is 0 Å². The molecular formula is C11H12BrNO3. The van der Waals surface area contributed by atoms with E-state index < -0.39 is 12.0 Å². The van der Waals surface area contributed by atoms with Crippen molar-refractivity contribution >= 4 is 21.9 Å². The Morgan fingerprint density at radius 2 is 2.38 bits per heavy atom. The smallest absolute Gasteiger partial charge is 0.325 e. The molecule has 0 spiro atoms. The predicted molar refractivity (Wildman–Crippen MR) is 62.5 cm³/mol. The van der Waals surface area contributed by atoms with Crippen molar-refractivity contribution < 1.29 is 14.6 Å². The van der Waals surface area contributed by atoms with Gasteiger partial charge in [0.15, 0.2) is 0 Å². The number of carbonyl (C=O) groups is 1. The van der Waals surface area contributed by atoms with Gasteiger partial charge in [-0.1, -0.05) is 0 Å². The van der Waals surface area contributed by atoms with Crippen molar-refractivity contribution in [2.45, 2.75) is 25.5 Å². The fourth-order valence-electron chi connectivity index (χ4n) is 1.83. The maximum Gasteiger partial charge on any atom is 0.325 e. The fraction of sp³-hybridized carbons (Fsp3) is 0.364. The van der Waals surface area contributed by atoms with E-state index in [1.165, 1.54) is 0 Å². The van der Waals surface area contributed by atoms with Crippen LogP contribution in [0.25, 0.3) is 0 Å². The van der Waals surface area contributed by atoms with Crippen molar-refractivity contribution in [2.75, 3.05) is 0 Å². The highest BCUT2D eigenvalue weighted by molar-refractivity contribution is 9.10. The number of benzene rings is 1. The summed E-state index contributed by atoms with van der Waals surface area (Å²) < 4.78 is 6.36. The van der Waals surface area contributed by atoms with E-state index in [4.69, 9.17) is 15.6 Å². The number of hydrogen-bond acceptors (Lipinski definition) is 3. The lowest BCUT2D eigenvalue weighted by molar-refractivity contribution is -0.138. The predicted octanol–water partition coefficient (Wildman–Crippen LogP) is 1.86. The number of nitrogens with two attached hydrogens (primary N) is 1. The maximum atomic E-state index is 10.8. The minimum absolute atomic E-state index is 0.127. The first kappa shape index (κ1) is 11.4. The zero-order chi connectivity index (χ0) is 11.9. The Kier molecular flexibility index (Phi) is 2.90. The standard InChI is InChI=1S/C11H12BrNO3/c1-5-2-7-3-6(9(13)11(14)15)4-8(12)10(7)16-5/h3-5,9H,2,13H2,1H3,(H,14,15). The van der Waals surface area contributed by atoms with Crippen molar-refractivity contribution in [2.24, 2.45) is 5.73 Å². The fourth-order valence-corrected chi connectivity index (χ4v) is 2.44. The largest absolute Gasteiger partial charge is 0.489 e. The van der Waals surface area contributed by atoms with E-state index in [2.05, 4.69) is 15.9 Å². The Morgan fingerprint density at radius 3 is 3.00 bits per heavy atom. The number of carboxylic acid groups (broad SMARTS) is 1. The Labute approximate surface area is 102 Å². The second kappa shape index (κ2) is 4.07. The minimum atomic E-state index is -1.03. The van der Waals surface area contributed by atoms with Crippen molar-refractivity contribution in [1.82, 2.24) is 0 Å². The number of carboxylic acids is 1. The van der Waals surface area contributed by atoms with Gasteiger partial charge in [-0.25, -0.2) is 0 Å². The zero-order valence-electron chi connectivity index (χ0n) is 8.74. The van der Waals surface area contributed by atoms with Crippen LogP contribution in [0, 0.1) is 0 Å². The number of halogens is 1. The van der Waals surface area contributed by atoms with Gasteiger partial charge in [0.1, 0.15) is 17.9 Å². The number of hydrogen-bond donors (Lipinski definition) is 2. The quantitative estimate of drug-likeness (QED) is 0.870. The van der Waals surface area contributed by atoms with Crippen LogP contribution >= 0.6 is 15.9 Å². The van der Waals surface area contributed by atoms with Crippen LogP contribution in [0.1, 0.15) is 24.1 Å². The number of aliphatic carboxylic acids is 1. The summed E-state index contributed by atoms with van der Waals surface area (Å²) in [4.78, 5) is 10.8. The SMILES string of the molecule is CC1Cc2cc(C(N)C(=O)O)cc(Br)c2O1. The zero-order valence-corrected chi connectivity index (χ0v) is 10.3. The van der Waals surface area contributed by atoms with E-state index in [-0.39, 0.29) is 6.10 Å². The summed E-state index contributed by atoms with van der Waals surface area (Å²) in [5.41, 5.74) is 7.18. The first-order chi connectivity index (χ1) is 7.49. The van der Waals surface area contributed by atoms with Gasteiger partial charge >= 0.3 is 5.97 Å². The summed E-state index contributed by atoms with van der Waals surface area (Å²) in [5.74, 6) is -0.229. The van der Waals surface area contributed by atoms with Gasteiger partial charge in [0.2, 0.25) is 0 Å². The monoisotopic (exact) mass is 285 g/mol. The van der Waals surface area contributed by atoms with E-state index in [1.807, 2.05) is 13.0 Å². The Balaban J connectivity index is 2.42. The lowest BCUT2D eigenvalue weighted by Gasteiger charge is -2.10. The first-order valence-corrected chi connectivity index (χ1v) is 5.75. The van der Waals surface area contributed by atoms with Gasteiger partial charge in [0, 0.05) is 6.42 Å². The number of ether oxygens (including phenoxy) is 1. The molecule has 1 aliphatic rings. The molecule has 0 bridgehead atoms. The summed E-state index contributed by atoms with van der Waals surface area (Å²) in [6.45, 7) is 1.98. The van der Waals surface area contributed by atoms with E-state index in [9.17, 15) is 4.79 Å². The molecule has 0 radical (unpaired) electrons. The third-order valence-electron chi connectivity index (χ3n) is 2.59. The summed E-state index contributed by atoms with van der Waals surface area (Å²) in [6, 6.07) is 2.52. The molecule has 0 amide bonds.